The van der Waals surface area contributed by atoms with Crippen LogP contribution in [0.4, 0.5) is 0 Å². The molecule has 0 bridgehead atoms. The molecule has 228 valence electrons. The largest absolute Gasteiger partial charge is 0.497 e. The molecular formula is C31H42N4O6S. The number of rotatable bonds is 16. The fourth-order valence-electron chi connectivity index (χ4n) is 4.49. The molecule has 0 radical (unpaired) electrons. The van der Waals surface area contributed by atoms with Gasteiger partial charge in [0.1, 0.15) is 5.75 Å². The molecule has 2 aromatic rings. The van der Waals surface area contributed by atoms with Crippen LogP contribution in [0.3, 0.4) is 0 Å². The van der Waals surface area contributed by atoms with Gasteiger partial charge in [0.2, 0.25) is 15.9 Å². The fourth-order valence-corrected chi connectivity index (χ4v) is 6.11. The van der Waals surface area contributed by atoms with Crippen molar-refractivity contribution in [3.63, 3.8) is 0 Å². The number of terminal acetylenes is 1. The standard InChI is InChI=1S/C31H42N4O6S/c1-5-6-12-31(38)35(33-30(37)20-32-25-13-14-25)28(19-24-10-8-7-9-11-24)29(36)22-34(21-23(2)3)42(39,40)27-17-15-26(41-4)16-18-27/h1,7-11,15-18,23,25,28-29,32,36H,6,12-14,19-22H2,2-4H3,(H,33,37)/t28?,29-/m1/s1. The van der Waals surface area contributed by atoms with Gasteiger partial charge in [0.05, 0.1) is 30.7 Å². The van der Waals surface area contributed by atoms with Crippen LogP contribution in [-0.4, -0.2) is 79.6 Å². The lowest BCUT2D eigenvalue weighted by Crippen LogP contribution is -2.60. The number of carbonyl (C=O) groups is 2. The van der Waals surface area contributed by atoms with Crippen LogP contribution in [0.2, 0.25) is 0 Å². The Labute approximate surface area is 249 Å². The zero-order chi connectivity index (χ0) is 30.7. The van der Waals surface area contributed by atoms with Gasteiger partial charge in [-0.25, -0.2) is 13.4 Å². The van der Waals surface area contributed by atoms with Crippen molar-refractivity contribution in [2.45, 2.75) is 69.0 Å². The van der Waals surface area contributed by atoms with Crippen molar-refractivity contribution < 1.29 is 27.9 Å². The van der Waals surface area contributed by atoms with E-state index in [9.17, 15) is 23.1 Å². The first-order valence-electron chi connectivity index (χ1n) is 14.2. The topological polar surface area (TPSA) is 128 Å². The van der Waals surface area contributed by atoms with Crippen LogP contribution in [0.5, 0.6) is 5.75 Å². The molecule has 0 spiro atoms. The van der Waals surface area contributed by atoms with Crippen molar-refractivity contribution in [3.8, 4) is 18.1 Å². The zero-order valence-corrected chi connectivity index (χ0v) is 25.3. The second-order valence-electron chi connectivity index (χ2n) is 10.9. The third kappa shape index (κ3) is 9.84. The van der Waals surface area contributed by atoms with Crippen LogP contribution in [0, 0.1) is 18.3 Å². The van der Waals surface area contributed by atoms with Crippen LogP contribution >= 0.6 is 0 Å². The normalized spacial score (nSPS) is 14.7. The van der Waals surface area contributed by atoms with E-state index in [1.807, 2.05) is 44.2 Å². The van der Waals surface area contributed by atoms with Crippen LogP contribution < -0.4 is 15.5 Å². The highest BCUT2D eigenvalue weighted by Gasteiger charge is 2.36. The number of ether oxygens (including phenoxy) is 1. The Hall–Kier alpha value is -3.43. The SMILES string of the molecule is C#CCCC(=O)N(NC(=O)CNC1CC1)C(Cc1ccccc1)[C@H](O)CN(CC(C)C)S(=O)(=O)c1ccc(OC)cc1. The number of hydrogen-bond donors (Lipinski definition) is 3. The Morgan fingerprint density at radius 1 is 1.10 bits per heavy atom. The minimum Gasteiger partial charge on any atom is -0.497 e. The molecule has 10 nitrogen and oxygen atoms in total. The minimum absolute atomic E-state index is 0.00304. The molecule has 1 aliphatic carbocycles. The zero-order valence-electron chi connectivity index (χ0n) is 24.5. The number of aliphatic hydroxyl groups excluding tert-OH is 1. The van der Waals surface area contributed by atoms with Gasteiger partial charge >= 0.3 is 0 Å². The molecular weight excluding hydrogens is 556 g/mol. The number of sulfonamides is 1. The number of hydrazine groups is 1. The summed E-state index contributed by atoms with van der Waals surface area (Å²) in [5.74, 6) is 1.99. The molecule has 3 N–H and O–H groups in total. The summed E-state index contributed by atoms with van der Waals surface area (Å²) in [5.41, 5.74) is 3.48. The smallest absolute Gasteiger partial charge is 0.252 e. The Morgan fingerprint density at radius 3 is 2.33 bits per heavy atom. The summed E-state index contributed by atoms with van der Waals surface area (Å²) in [5, 5.41) is 16.0. The molecule has 0 saturated heterocycles. The first-order chi connectivity index (χ1) is 20.0. The molecule has 1 fully saturated rings. The summed E-state index contributed by atoms with van der Waals surface area (Å²) < 4.78 is 33.9. The highest BCUT2D eigenvalue weighted by Crippen LogP contribution is 2.23. The van der Waals surface area contributed by atoms with Gasteiger partial charge in [-0.15, -0.1) is 12.3 Å². The number of nitrogens with zero attached hydrogens (tertiary/aromatic N) is 2. The van der Waals surface area contributed by atoms with Crippen molar-refractivity contribution in [1.29, 1.82) is 0 Å². The summed E-state index contributed by atoms with van der Waals surface area (Å²) in [6.45, 7) is 3.59. The second-order valence-corrected chi connectivity index (χ2v) is 12.8. The summed E-state index contributed by atoms with van der Waals surface area (Å²) >= 11 is 0. The van der Waals surface area contributed by atoms with Gasteiger partial charge in [-0.2, -0.15) is 4.31 Å². The molecule has 0 aliphatic heterocycles. The number of hydrogen-bond acceptors (Lipinski definition) is 7. The van der Waals surface area contributed by atoms with E-state index in [0.717, 1.165) is 23.4 Å². The van der Waals surface area contributed by atoms with E-state index in [1.165, 1.54) is 23.5 Å². The van der Waals surface area contributed by atoms with E-state index in [0.29, 0.717) is 5.75 Å². The molecule has 2 amide bonds. The van der Waals surface area contributed by atoms with Crippen molar-refractivity contribution in [2.75, 3.05) is 26.7 Å². The maximum absolute atomic E-state index is 13.8. The minimum atomic E-state index is -4.03. The number of amides is 2. The van der Waals surface area contributed by atoms with Crippen LogP contribution in [0.1, 0.15) is 45.1 Å². The monoisotopic (exact) mass is 598 g/mol. The molecule has 3 rings (SSSR count). The number of methoxy groups -OCH3 is 1. The summed E-state index contributed by atoms with van der Waals surface area (Å²) in [7, 11) is -2.53. The molecule has 2 aromatic carbocycles. The van der Waals surface area contributed by atoms with E-state index in [4.69, 9.17) is 11.2 Å². The van der Waals surface area contributed by atoms with Crippen molar-refractivity contribution in [3.05, 3.63) is 60.2 Å². The highest BCUT2D eigenvalue weighted by molar-refractivity contribution is 7.89. The van der Waals surface area contributed by atoms with Gasteiger partial charge in [0.25, 0.3) is 5.91 Å². The molecule has 1 unspecified atom stereocenters. The number of benzene rings is 2. The predicted molar refractivity (Wildman–Crippen MR) is 161 cm³/mol. The van der Waals surface area contributed by atoms with Gasteiger partial charge < -0.3 is 15.2 Å². The van der Waals surface area contributed by atoms with Gasteiger partial charge in [-0.05, 0) is 55.0 Å². The third-order valence-corrected chi connectivity index (χ3v) is 8.69. The van der Waals surface area contributed by atoms with Crippen molar-refractivity contribution in [1.82, 2.24) is 20.1 Å². The molecule has 1 saturated carbocycles. The van der Waals surface area contributed by atoms with Crippen LogP contribution in [0.15, 0.2) is 59.5 Å². The fraction of sp³-hybridized carbons (Fsp3) is 0.484. The Bertz CT molecular complexity index is 1310. The number of aliphatic hydroxyl groups is 1. The van der Waals surface area contributed by atoms with Gasteiger partial charge in [-0.3, -0.25) is 15.0 Å². The first-order valence-corrected chi connectivity index (χ1v) is 15.6. The highest BCUT2D eigenvalue weighted by atomic mass is 32.2. The van der Waals surface area contributed by atoms with Gasteiger partial charge in [-0.1, -0.05) is 44.2 Å². The summed E-state index contributed by atoms with van der Waals surface area (Å²) in [6, 6.07) is 14.5. The summed E-state index contributed by atoms with van der Waals surface area (Å²) in [6.07, 6.45) is 6.29. The van der Waals surface area contributed by atoms with E-state index < -0.39 is 34.0 Å². The maximum Gasteiger partial charge on any atom is 0.252 e. The molecule has 11 heteroatoms. The van der Waals surface area contributed by atoms with Crippen molar-refractivity contribution in [2.24, 2.45) is 5.92 Å². The van der Waals surface area contributed by atoms with Crippen molar-refractivity contribution >= 4 is 21.8 Å². The van der Waals surface area contributed by atoms with E-state index >= 15 is 0 Å². The quantitative estimate of drug-likeness (QED) is 0.200. The molecule has 42 heavy (non-hydrogen) atoms. The second kappa shape index (κ2) is 15.7. The van der Waals surface area contributed by atoms with Crippen LogP contribution in [0.25, 0.3) is 0 Å². The number of nitrogens with one attached hydrogen (secondary N) is 2. The van der Waals surface area contributed by atoms with Gasteiger partial charge in [0, 0.05) is 32.0 Å². The lowest BCUT2D eigenvalue weighted by Gasteiger charge is -2.37. The van der Waals surface area contributed by atoms with Gasteiger partial charge in [0.15, 0.2) is 0 Å². The average Bonchev–Trinajstić information content (AvgIpc) is 3.81. The summed E-state index contributed by atoms with van der Waals surface area (Å²) in [4.78, 5) is 26.4. The maximum atomic E-state index is 13.8. The molecule has 0 aromatic heterocycles. The Kier molecular flexibility index (Phi) is 12.4. The Morgan fingerprint density at radius 2 is 1.76 bits per heavy atom. The molecule has 2 atom stereocenters. The molecule has 1 aliphatic rings. The van der Waals surface area contributed by atoms with E-state index in [2.05, 4.69) is 16.7 Å². The van der Waals surface area contributed by atoms with E-state index in [1.54, 1.807) is 12.1 Å². The number of carbonyl (C=O) groups excluding carboxylic acids is 2. The lowest BCUT2D eigenvalue weighted by molar-refractivity contribution is -0.147. The first kappa shape index (κ1) is 33.1. The van der Waals surface area contributed by atoms with E-state index in [-0.39, 0.29) is 55.8 Å². The predicted octanol–water partition coefficient (Wildman–Crippen LogP) is 2.34. The third-order valence-electron chi connectivity index (χ3n) is 6.85. The average molecular weight is 599 g/mol. The lowest BCUT2D eigenvalue weighted by atomic mass is 9.99. The molecule has 0 heterocycles. The Balaban J connectivity index is 1.95. The van der Waals surface area contributed by atoms with Crippen LogP contribution in [-0.2, 0) is 26.0 Å².